The third-order valence-corrected chi connectivity index (χ3v) is 5.27. The van der Waals surface area contributed by atoms with Crippen LogP contribution in [0.15, 0.2) is 12.3 Å². The van der Waals surface area contributed by atoms with E-state index in [1.54, 1.807) is 36.8 Å². The number of urea groups is 1. The molecule has 0 saturated heterocycles. The van der Waals surface area contributed by atoms with E-state index in [1.165, 1.54) is 6.20 Å². The summed E-state index contributed by atoms with van der Waals surface area (Å²) in [6, 6.07) is 0.981. The molecular weight excluding hydrogens is 412 g/mol. The van der Waals surface area contributed by atoms with E-state index in [1.807, 2.05) is 13.8 Å². The molecule has 9 nitrogen and oxygen atoms in total. The molecule has 2 rings (SSSR count). The van der Waals surface area contributed by atoms with Crippen molar-refractivity contribution >= 4 is 11.9 Å². The number of fused-ring (bicyclic) bond motifs is 1. The molecule has 2 heterocycles. The summed E-state index contributed by atoms with van der Waals surface area (Å²) in [5.41, 5.74) is 0.706. The Kier molecular flexibility index (Phi) is 9.29. The van der Waals surface area contributed by atoms with Crippen molar-refractivity contribution in [3.8, 4) is 17.7 Å². The fourth-order valence-electron chi connectivity index (χ4n) is 3.30. The van der Waals surface area contributed by atoms with Gasteiger partial charge >= 0.3 is 6.03 Å². The molecule has 1 aliphatic heterocycles. The van der Waals surface area contributed by atoms with E-state index in [9.17, 15) is 19.8 Å². The first-order valence-electron chi connectivity index (χ1n) is 10.9. The van der Waals surface area contributed by atoms with E-state index in [0.29, 0.717) is 25.2 Å². The predicted molar refractivity (Wildman–Crippen MR) is 120 cm³/mol. The van der Waals surface area contributed by atoms with Crippen molar-refractivity contribution in [2.75, 3.05) is 33.3 Å². The first-order valence-corrected chi connectivity index (χ1v) is 10.9. The van der Waals surface area contributed by atoms with Gasteiger partial charge in [0.05, 0.1) is 19.2 Å². The Morgan fingerprint density at radius 1 is 1.47 bits per heavy atom. The van der Waals surface area contributed by atoms with Gasteiger partial charge in [-0.1, -0.05) is 25.7 Å². The van der Waals surface area contributed by atoms with Gasteiger partial charge in [0, 0.05) is 37.8 Å². The summed E-state index contributed by atoms with van der Waals surface area (Å²) in [5, 5.41) is 22.0. The van der Waals surface area contributed by atoms with Gasteiger partial charge in [0.1, 0.15) is 17.8 Å². The van der Waals surface area contributed by atoms with Crippen molar-refractivity contribution in [2.45, 2.75) is 52.4 Å². The molecule has 4 atom stereocenters. The maximum absolute atomic E-state index is 13.3. The van der Waals surface area contributed by atoms with Gasteiger partial charge in [-0.05, 0) is 26.3 Å². The molecule has 1 aliphatic rings. The molecule has 0 aliphatic carbocycles. The highest BCUT2D eigenvalue weighted by Gasteiger charge is 2.34. The number of hydrogen-bond donors (Lipinski definition) is 3. The van der Waals surface area contributed by atoms with Crippen LogP contribution in [0, 0.1) is 17.8 Å². The van der Waals surface area contributed by atoms with E-state index in [-0.39, 0.29) is 35.9 Å². The third kappa shape index (κ3) is 6.58. The molecule has 176 valence electrons. The molecule has 0 saturated carbocycles. The van der Waals surface area contributed by atoms with Crippen LogP contribution in [0.2, 0.25) is 0 Å². The molecule has 32 heavy (non-hydrogen) atoms. The zero-order valence-electron chi connectivity index (χ0n) is 19.5. The smallest absolute Gasteiger partial charge is 0.317 e. The van der Waals surface area contributed by atoms with Crippen molar-refractivity contribution in [1.29, 1.82) is 0 Å². The molecule has 9 heteroatoms. The number of aliphatic hydroxyl groups is 2. The summed E-state index contributed by atoms with van der Waals surface area (Å²) < 4.78 is 6.15. The lowest BCUT2D eigenvalue weighted by atomic mass is 10.00. The fourth-order valence-corrected chi connectivity index (χ4v) is 3.30. The Bertz CT molecular complexity index is 864. The molecule has 0 radical (unpaired) electrons. The predicted octanol–water partition coefficient (Wildman–Crippen LogP) is 1.09. The molecule has 0 fully saturated rings. The average molecular weight is 447 g/mol. The maximum atomic E-state index is 13.3. The van der Waals surface area contributed by atoms with Crippen LogP contribution in [0.25, 0.3) is 0 Å². The normalized spacial score (nSPS) is 20.0. The Morgan fingerprint density at radius 3 is 2.81 bits per heavy atom. The van der Waals surface area contributed by atoms with Crippen LogP contribution in [-0.2, 0) is 0 Å². The monoisotopic (exact) mass is 446 g/mol. The maximum Gasteiger partial charge on any atom is 0.317 e. The second kappa shape index (κ2) is 11.7. The first-order chi connectivity index (χ1) is 15.2. The summed E-state index contributed by atoms with van der Waals surface area (Å²) in [6.07, 6.45) is 1.09. The zero-order chi connectivity index (χ0) is 23.8. The Morgan fingerprint density at radius 2 is 2.19 bits per heavy atom. The summed E-state index contributed by atoms with van der Waals surface area (Å²) in [4.78, 5) is 33.1. The largest absolute Gasteiger partial charge is 0.472 e. The van der Waals surface area contributed by atoms with Crippen molar-refractivity contribution in [3.05, 3.63) is 23.4 Å². The summed E-state index contributed by atoms with van der Waals surface area (Å²) >= 11 is 0. The van der Waals surface area contributed by atoms with E-state index >= 15 is 0 Å². The molecule has 0 aromatic carbocycles. The number of rotatable bonds is 6. The van der Waals surface area contributed by atoms with Crippen LogP contribution in [0.3, 0.4) is 0 Å². The number of ether oxygens (including phenoxy) is 1. The number of pyridine rings is 1. The summed E-state index contributed by atoms with van der Waals surface area (Å²) in [6.45, 7) is 8.30. The minimum Gasteiger partial charge on any atom is -0.472 e. The zero-order valence-corrected chi connectivity index (χ0v) is 19.5. The lowest BCUT2D eigenvalue weighted by molar-refractivity contribution is 0.0352. The highest BCUT2D eigenvalue weighted by molar-refractivity contribution is 5.97. The number of aromatic nitrogens is 1. The minimum atomic E-state index is -0.811. The Balaban J connectivity index is 2.40. The van der Waals surface area contributed by atoms with Crippen LogP contribution >= 0.6 is 0 Å². The van der Waals surface area contributed by atoms with E-state index in [4.69, 9.17) is 4.74 Å². The summed E-state index contributed by atoms with van der Waals surface area (Å²) in [7, 11) is 1.70. The SMILES string of the molecule is CCCNC(=O)N(C)C[C@@H]1Oc2ncc(C#C[C@H](C)O)cc2C(=O)N([C@@H](C)CO)C[C@@H]1C. The fraction of sp³-hybridized carbons (Fsp3) is 0.609. The number of likely N-dealkylation sites (N-methyl/N-ethyl adjacent to an activating group) is 1. The standard InChI is InChI=1S/C23H34N4O5/c1-6-9-24-23(31)26(5)13-20-15(2)12-27(16(3)14-28)22(30)19-10-18(8-7-17(4)29)11-25-21(19)32-20/h10-11,15-17,20,28-29H,6,9,12-14H2,1-5H3,(H,24,31)/t15-,16-,17-,20-/m0/s1. The van der Waals surface area contributed by atoms with Crippen LogP contribution in [0.4, 0.5) is 4.79 Å². The lowest BCUT2D eigenvalue weighted by Crippen LogP contribution is -2.51. The van der Waals surface area contributed by atoms with Crippen molar-refractivity contribution in [1.82, 2.24) is 20.1 Å². The Hall–Kier alpha value is -2.83. The number of nitrogens with zero attached hydrogens (tertiary/aromatic N) is 3. The number of carbonyl (C=O) groups excluding carboxylic acids is 2. The van der Waals surface area contributed by atoms with E-state index in [0.717, 1.165) is 6.42 Å². The number of amides is 3. The molecule has 3 amide bonds. The number of aliphatic hydroxyl groups excluding tert-OH is 2. The molecule has 0 spiro atoms. The van der Waals surface area contributed by atoms with Gasteiger partial charge in [0.15, 0.2) is 0 Å². The number of carbonyl (C=O) groups is 2. The molecule has 1 aromatic heterocycles. The molecule has 0 unspecified atom stereocenters. The number of nitrogens with one attached hydrogen (secondary N) is 1. The van der Waals surface area contributed by atoms with Gasteiger partial charge < -0.3 is 30.1 Å². The van der Waals surface area contributed by atoms with Crippen LogP contribution in [-0.4, -0.2) is 88.5 Å². The van der Waals surface area contributed by atoms with Crippen LogP contribution < -0.4 is 10.1 Å². The highest BCUT2D eigenvalue weighted by Crippen LogP contribution is 2.27. The van der Waals surface area contributed by atoms with Crippen molar-refractivity contribution in [3.63, 3.8) is 0 Å². The topological polar surface area (TPSA) is 115 Å². The lowest BCUT2D eigenvalue weighted by Gasteiger charge is -2.37. The van der Waals surface area contributed by atoms with Gasteiger partial charge in [-0.15, -0.1) is 0 Å². The highest BCUT2D eigenvalue weighted by atomic mass is 16.5. The van der Waals surface area contributed by atoms with Gasteiger partial charge in [0.2, 0.25) is 5.88 Å². The molecule has 3 N–H and O–H groups in total. The third-order valence-electron chi connectivity index (χ3n) is 5.27. The quantitative estimate of drug-likeness (QED) is 0.564. The van der Waals surface area contributed by atoms with Gasteiger partial charge in [-0.3, -0.25) is 4.79 Å². The minimum absolute atomic E-state index is 0.126. The summed E-state index contributed by atoms with van der Waals surface area (Å²) in [5.74, 6) is 5.15. The Labute approximate surface area is 189 Å². The molecular formula is C23H34N4O5. The average Bonchev–Trinajstić information content (AvgIpc) is 2.77. The van der Waals surface area contributed by atoms with E-state index < -0.39 is 18.2 Å². The van der Waals surface area contributed by atoms with Gasteiger partial charge in [0.25, 0.3) is 5.91 Å². The van der Waals surface area contributed by atoms with Gasteiger partial charge in [-0.25, -0.2) is 9.78 Å². The van der Waals surface area contributed by atoms with Crippen LogP contribution in [0.1, 0.15) is 50.0 Å². The van der Waals surface area contributed by atoms with Crippen LogP contribution in [0.5, 0.6) is 5.88 Å². The first kappa shape index (κ1) is 25.4. The molecule has 0 bridgehead atoms. The van der Waals surface area contributed by atoms with Gasteiger partial charge in [-0.2, -0.15) is 0 Å². The second-order valence-corrected chi connectivity index (χ2v) is 8.26. The number of hydrogen-bond acceptors (Lipinski definition) is 6. The molecule has 1 aromatic rings. The second-order valence-electron chi connectivity index (χ2n) is 8.26. The van der Waals surface area contributed by atoms with Crippen molar-refractivity contribution < 1.29 is 24.5 Å². The van der Waals surface area contributed by atoms with Crippen molar-refractivity contribution in [2.24, 2.45) is 5.92 Å². The van der Waals surface area contributed by atoms with E-state index in [2.05, 4.69) is 22.1 Å².